The molecule has 2 amide bonds. The van der Waals surface area contributed by atoms with Crippen LogP contribution in [0, 0.1) is 11.3 Å². The molecule has 0 aliphatic rings. The van der Waals surface area contributed by atoms with E-state index >= 15 is 0 Å². The normalized spacial score (nSPS) is 10.7. The van der Waals surface area contributed by atoms with Crippen molar-refractivity contribution in [1.29, 1.82) is 5.26 Å². The summed E-state index contributed by atoms with van der Waals surface area (Å²) < 4.78 is 11.5. The average Bonchev–Trinajstić information content (AvgIpc) is 2.87. The van der Waals surface area contributed by atoms with Gasteiger partial charge in [-0.25, -0.2) is 4.79 Å². The van der Waals surface area contributed by atoms with Crippen LogP contribution in [0.15, 0.2) is 75.2 Å². The Bertz CT molecular complexity index is 1400. The number of ether oxygens (including phenoxy) is 2. The lowest BCUT2D eigenvalue weighted by atomic mass is 10.1. The van der Waals surface area contributed by atoms with Crippen LogP contribution in [0.5, 0.6) is 5.75 Å². The first kappa shape index (κ1) is 27.9. The Morgan fingerprint density at radius 2 is 1.62 bits per heavy atom. The Labute approximate surface area is 234 Å². The maximum Gasteiger partial charge on any atom is 0.337 e. The largest absolute Gasteiger partial charge is 0.482 e. The van der Waals surface area contributed by atoms with Crippen molar-refractivity contribution in [3.63, 3.8) is 0 Å². The van der Waals surface area contributed by atoms with Gasteiger partial charge in [-0.1, -0.05) is 27.5 Å². The highest BCUT2D eigenvalue weighted by atomic mass is 79.9. The molecule has 0 heterocycles. The van der Waals surface area contributed by atoms with E-state index in [4.69, 9.17) is 16.3 Å². The van der Waals surface area contributed by atoms with Gasteiger partial charge < -0.3 is 20.1 Å². The lowest BCUT2D eigenvalue weighted by Gasteiger charge is -2.13. The van der Waals surface area contributed by atoms with Crippen molar-refractivity contribution in [3.05, 3.63) is 91.3 Å². The first-order valence-corrected chi connectivity index (χ1v) is 12.5. The number of benzene rings is 3. The Morgan fingerprint density at radius 1 is 1.00 bits per heavy atom. The van der Waals surface area contributed by atoms with Gasteiger partial charge in [0.25, 0.3) is 11.8 Å². The monoisotopic (exact) mass is 645 g/mol. The number of rotatable bonds is 8. The first-order chi connectivity index (χ1) is 17.7. The zero-order valence-electron chi connectivity index (χ0n) is 19.2. The molecule has 188 valence electrons. The lowest BCUT2D eigenvalue weighted by molar-refractivity contribution is -0.118. The maximum atomic E-state index is 12.8. The van der Waals surface area contributed by atoms with Crippen LogP contribution < -0.4 is 15.4 Å². The summed E-state index contributed by atoms with van der Waals surface area (Å²) in [6.45, 7) is -0.329. The number of carbonyl (C=O) groups is 3. The van der Waals surface area contributed by atoms with Gasteiger partial charge in [-0.05, 0) is 82.7 Å². The minimum atomic E-state index is -0.671. The van der Waals surface area contributed by atoms with E-state index in [9.17, 15) is 19.6 Å². The minimum Gasteiger partial charge on any atom is -0.482 e. The smallest absolute Gasteiger partial charge is 0.337 e. The molecule has 0 bridgehead atoms. The van der Waals surface area contributed by atoms with Gasteiger partial charge in [0.2, 0.25) is 0 Å². The van der Waals surface area contributed by atoms with Crippen LogP contribution in [0.25, 0.3) is 6.08 Å². The maximum absolute atomic E-state index is 12.8. The molecule has 2 N–H and O–H groups in total. The highest BCUT2D eigenvalue weighted by Gasteiger charge is 2.16. The topological polar surface area (TPSA) is 118 Å². The predicted molar refractivity (Wildman–Crippen MR) is 147 cm³/mol. The van der Waals surface area contributed by atoms with Gasteiger partial charge in [-0.15, -0.1) is 0 Å². The summed E-state index contributed by atoms with van der Waals surface area (Å²) >= 11 is 12.6. The van der Waals surface area contributed by atoms with Gasteiger partial charge in [-0.2, -0.15) is 5.26 Å². The van der Waals surface area contributed by atoms with Gasteiger partial charge in [0.15, 0.2) is 6.61 Å². The van der Waals surface area contributed by atoms with Crippen LogP contribution in [0.3, 0.4) is 0 Å². The SMILES string of the molecule is COC(=O)c1ccc(NC(=O)/C(C#N)=C\c2cc(Br)cc(Br)c2OCC(=O)Nc2ccc(Cl)cc2)cc1. The van der Waals surface area contributed by atoms with E-state index in [-0.39, 0.29) is 17.9 Å². The third kappa shape index (κ3) is 7.92. The van der Waals surface area contributed by atoms with Gasteiger partial charge >= 0.3 is 5.97 Å². The summed E-state index contributed by atoms with van der Waals surface area (Å²) in [4.78, 5) is 36.7. The highest BCUT2D eigenvalue weighted by Crippen LogP contribution is 2.34. The molecule has 0 aliphatic heterocycles. The number of esters is 1. The Kier molecular flexibility index (Phi) is 9.85. The summed E-state index contributed by atoms with van der Waals surface area (Å²) in [6.07, 6.45) is 1.35. The quantitative estimate of drug-likeness (QED) is 0.171. The molecule has 0 unspecified atom stereocenters. The molecule has 0 atom stereocenters. The molecule has 0 saturated heterocycles. The molecule has 0 spiro atoms. The van der Waals surface area contributed by atoms with Crippen molar-refractivity contribution < 1.29 is 23.9 Å². The fraction of sp³-hybridized carbons (Fsp3) is 0.0769. The van der Waals surface area contributed by atoms with E-state index in [0.29, 0.717) is 36.5 Å². The summed E-state index contributed by atoms with van der Waals surface area (Å²) in [5.41, 5.74) is 1.42. The van der Waals surface area contributed by atoms with E-state index in [1.165, 1.54) is 37.5 Å². The number of nitriles is 1. The van der Waals surface area contributed by atoms with Crippen LogP contribution in [-0.2, 0) is 14.3 Å². The van der Waals surface area contributed by atoms with Crippen LogP contribution in [0.1, 0.15) is 15.9 Å². The molecule has 0 aliphatic carbocycles. The molecule has 8 nitrogen and oxygen atoms in total. The molecule has 11 heteroatoms. The second-order valence-electron chi connectivity index (χ2n) is 7.34. The van der Waals surface area contributed by atoms with Crippen LogP contribution >= 0.6 is 43.5 Å². The fourth-order valence-corrected chi connectivity index (χ4v) is 4.52. The van der Waals surface area contributed by atoms with Crippen LogP contribution in [0.4, 0.5) is 11.4 Å². The van der Waals surface area contributed by atoms with Crippen molar-refractivity contribution in [1.82, 2.24) is 0 Å². The molecular weight excluding hydrogens is 630 g/mol. The number of amides is 2. The summed E-state index contributed by atoms with van der Waals surface area (Å²) in [5.74, 6) is -1.33. The molecule has 37 heavy (non-hydrogen) atoms. The van der Waals surface area contributed by atoms with Crippen LogP contribution in [-0.4, -0.2) is 31.5 Å². The molecule has 3 aromatic carbocycles. The van der Waals surface area contributed by atoms with E-state index in [0.717, 1.165) is 0 Å². The number of methoxy groups -OCH3 is 1. The molecule has 3 rings (SSSR count). The van der Waals surface area contributed by atoms with Crippen LogP contribution in [0.2, 0.25) is 5.02 Å². The second-order valence-corrected chi connectivity index (χ2v) is 9.55. The lowest BCUT2D eigenvalue weighted by Crippen LogP contribution is -2.20. The third-order valence-corrected chi connectivity index (χ3v) is 6.04. The van der Waals surface area contributed by atoms with Gasteiger partial charge in [0, 0.05) is 26.4 Å². The van der Waals surface area contributed by atoms with Gasteiger partial charge in [-0.3, -0.25) is 9.59 Å². The number of hydrogen-bond donors (Lipinski definition) is 2. The molecule has 0 saturated carbocycles. The van der Waals surface area contributed by atoms with E-state index in [1.807, 2.05) is 6.07 Å². The zero-order chi connectivity index (χ0) is 26.9. The second kappa shape index (κ2) is 13.1. The molecule has 0 fully saturated rings. The highest BCUT2D eigenvalue weighted by molar-refractivity contribution is 9.11. The van der Waals surface area contributed by atoms with Crippen molar-refractivity contribution in [2.45, 2.75) is 0 Å². The Morgan fingerprint density at radius 3 is 2.24 bits per heavy atom. The molecular formula is C26H18Br2ClN3O5. The fourth-order valence-electron chi connectivity index (χ4n) is 3.02. The molecule has 0 aromatic heterocycles. The summed E-state index contributed by atoms with van der Waals surface area (Å²) in [7, 11) is 1.27. The number of nitrogens with one attached hydrogen (secondary N) is 2. The minimum absolute atomic E-state index is 0.211. The average molecular weight is 648 g/mol. The number of nitrogens with zero attached hydrogens (tertiary/aromatic N) is 1. The van der Waals surface area contributed by atoms with Crippen molar-refractivity contribution in [2.75, 3.05) is 24.4 Å². The third-order valence-electron chi connectivity index (χ3n) is 4.74. The summed E-state index contributed by atoms with van der Waals surface area (Å²) in [6, 6.07) is 17.9. The molecule has 0 radical (unpaired) electrons. The summed E-state index contributed by atoms with van der Waals surface area (Å²) in [5, 5.41) is 15.5. The molecule has 3 aromatic rings. The van der Waals surface area contributed by atoms with Gasteiger partial charge in [0.05, 0.1) is 17.1 Å². The number of halogens is 3. The van der Waals surface area contributed by atoms with E-state index in [2.05, 4.69) is 47.2 Å². The van der Waals surface area contributed by atoms with Gasteiger partial charge in [0.1, 0.15) is 17.4 Å². The van der Waals surface area contributed by atoms with Crippen molar-refractivity contribution >= 4 is 78.7 Å². The van der Waals surface area contributed by atoms with Crippen molar-refractivity contribution in [3.8, 4) is 11.8 Å². The van der Waals surface area contributed by atoms with E-state index < -0.39 is 17.8 Å². The predicted octanol–water partition coefficient (Wildman–Crippen LogP) is 6.21. The number of carbonyl (C=O) groups excluding carboxylic acids is 3. The van der Waals surface area contributed by atoms with E-state index in [1.54, 1.807) is 36.4 Å². The first-order valence-electron chi connectivity index (χ1n) is 10.5. The number of hydrogen-bond acceptors (Lipinski definition) is 6. The van der Waals surface area contributed by atoms with Crippen molar-refractivity contribution in [2.24, 2.45) is 0 Å². The number of anilines is 2. The standard InChI is InChI=1S/C26H18Br2ClN3O5/c1-36-26(35)15-2-6-21(7-3-15)32-25(34)17(13-30)10-16-11-18(27)12-22(28)24(16)37-14-23(33)31-20-8-4-19(29)5-9-20/h2-12H,14H2,1H3,(H,31,33)(H,32,34)/b17-10-. The Balaban J connectivity index is 1.77. The zero-order valence-corrected chi connectivity index (χ0v) is 23.1. The Hall–Kier alpha value is -3.65.